The first-order chi connectivity index (χ1) is 9.45. The van der Waals surface area contributed by atoms with Crippen molar-refractivity contribution < 1.29 is 8.42 Å². The minimum Gasteiger partial charge on any atom is -0.339 e. The number of hydrogen-bond donors (Lipinski definition) is 1. The lowest BCUT2D eigenvalue weighted by molar-refractivity contribution is 0.463. The van der Waals surface area contributed by atoms with Gasteiger partial charge in [-0.05, 0) is 11.1 Å². The molecule has 0 saturated carbocycles. The van der Waals surface area contributed by atoms with Crippen LogP contribution in [0.4, 0.5) is 0 Å². The lowest BCUT2D eigenvalue weighted by Crippen LogP contribution is -2.27. The molecule has 0 unspecified atom stereocenters. The van der Waals surface area contributed by atoms with E-state index in [1.165, 1.54) is 23.9 Å². The summed E-state index contributed by atoms with van der Waals surface area (Å²) in [5.74, 6) is 0. The van der Waals surface area contributed by atoms with E-state index in [4.69, 9.17) is 5.73 Å². The van der Waals surface area contributed by atoms with Gasteiger partial charge < -0.3 is 10.3 Å². The van der Waals surface area contributed by atoms with Crippen LogP contribution in [0.3, 0.4) is 0 Å². The van der Waals surface area contributed by atoms with Gasteiger partial charge in [0.15, 0.2) is 5.03 Å². The van der Waals surface area contributed by atoms with Crippen LogP contribution in [-0.4, -0.2) is 29.3 Å². The second kappa shape index (κ2) is 5.74. The number of rotatable bonds is 5. The minimum atomic E-state index is -3.58. The van der Waals surface area contributed by atoms with E-state index in [1.807, 2.05) is 24.3 Å². The topological polar surface area (TPSA) is 81.2 Å². The molecule has 0 aliphatic carbocycles. The first kappa shape index (κ1) is 14.7. The molecule has 20 heavy (non-hydrogen) atoms. The summed E-state index contributed by atoms with van der Waals surface area (Å²) >= 11 is 0. The van der Waals surface area contributed by atoms with Crippen molar-refractivity contribution in [2.75, 3.05) is 7.05 Å². The Morgan fingerprint density at radius 2 is 1.95 bits per heavy atom. The Morgan fingerprint density at radius 1 is 1.30 bits per heavy atom. The van der Waals surface area contributed by atoms with Gasteiger partial charge in [-0.1, -0.05) is 24.3 Å². The highest BCUT2D eigenvalue weighted by Gasteiger charge is 2.23. The second-order valence-corrected chi connectivity index (χ2v) is 6.60. The minimum absolute atomic E-state index is 0.0488. The number of nitrogens with zero attached hydrogens (tertiary/aromatic N) is 3. The molecule has 6 nitrogen and oxygen atoms in total. The van der Waals surface area contributed by atoms with Crippen molar-refractivity contribution in [1.82, 2.24) is 13.9 Å². The van der Waals surface area contributed by atoms with Crippen LogP contribution in [0.5, 0.6) is 0 Å². The highest BCUT2D eigenvalue weighted by Crippen LogP contribution is 2.16. The van der Waals surface area contributed by atoms with Crippen molar-refractivity contribution >= 4 is 10.0 Å². The number of hydrogen-bond acceptors (Lipinski definition) is 4. The fraction of sp³-hybridized carbons (Fsp3) is 0.308. The van der Waals surface area contributed by atoms with Crippen LogP contribution in [0.15, 0.2) is 41.8 Å². The molecule has 0 fully saturated rings. The third-order valence-electron chi connectivity index (χ3n) is 3.09. The summed E-state index contributed by atoms with van der Waals surface area (Å²) in [4.78, 5) is 3.90. The molecule has 0 radical (unpaired) electrons. The number of benzene rings is 1. The van der Waals surface area contributed by atoms with Crippen molar-refractivity contribution in [3.8, 4) is 0 Å². The molecule has 0 saturated heterocycles. The molecule has 7 heteroatoms. The van der Waals surface area contributed by atoms with E-state index in [2.05, 4.69) is 4.98 Å². The number of sulfonamides is 1. The van der Waals surface area contributed by atoms with Crippen LogP contribution < -0.4 is 5.73 Å². The zero-order chi connectivity index (χ0) is 14.8. The van der Waals surface area contributed by atoms with Crippen molar-refractivity contribution in [3.05, 3.63) is 47.9 Å². The lowest BCUT2D eigenvalue weighted by atomic mass is 10.1. The Morgan fingerprint density at radius 3 is 2.50 bits per heavy atom. The van der Waals surface area contributed by atoms with Gasteiger partial charge in [0.2, 0.25) is 0 Å². The molecule has 0 amide bonds. The molecule has 2 rings (SSSR count). The van der Waals surface area contributed by atoms with Crippen molar-refractivity contribution in [2.45, 2.75) is 18.1 Å². The molecule has 0 atom stereocenters. The number of imidazole rings is 1. The normalized spacial score (nSPS) is 12.0. The van der Waals surface area contributed by atoms with Crippen LogP contribution in [0.2, 0.25) is 0 Å². The van der Waals surface area contributed by atoms with Crippen LogP contribution in [0, 0.1) is 0 Å². The van der Waals surface area contributed by atoms with E-state index in [1.54, 1.807) is 11.6 Å². The van der Waals surface area contributed by atoms with E-state index in [0.29, 0.717) is 6.54 Å². The Balaban J connectivity index is 2.25. The maximum Gasteiger partial charge on any atom is 0.262 e. The summed E-state index contributed by atoms with van der Waals surface area (Å²) in [6.07, 6.45) is 2.95. The Bertz CT molecular complexity index is 694. The van der Waals surface area contributed by atoms with Crippen molar-refractivity contribution in [1.29, 1.82) is 0 Å². The Labute approximate surface area is 118 Å². The van der Waals surface area contributed by atoms with Gasteiger partial charge in [0.1, 0.15) is 0 Å². The SMILES string of the molecule is CN(Cc1ccccc1CN)S(=O)(=O)c1cn(C)cn1. The van der Waals surface area contributed by atoms with Crippen LogP contribution in [-0.2, 0) is 30.2 Å². The largest absolute Gasteiger partial charge is 0.339 e. The summed E-state index contributed by atoms with van der Waals surface area (Å²) < 4.78 is 27.6. The molecule has 1 heterocycles. The summed E-state index contributed by atoms with van der Waals surface area (Å²) in [7, 11) is -0.310. The molecule has 0 aliphatic heterocycles. The molecule has 1 aromatic heterocycles. The summed E-state index contributed by atoms with van der Waals surface area (Å²) in [6, 6.07) is 7.54. The molecule has 0 aliphatic rings. The molecule has 0 spiro atoms. The Hall–Kier alpha value is -1.70. The number of aromatic nitrogens is 2. The second-order valence-electron chi connectivity index (χ2n) is 4.61. The predicted molar refractivity (Wildman–Crippen MR) is 76.2 cm³/mol. The zero-order valence-corrected chi connectivity index (χ0v) is 12.3. The molecule has 2 N–H and O–H groups in total. The van der Waals surface area contributed by atoms with E-state index in [0.717, 1.165) is 11.1 Å². The molecule has 0 bridgehead atoms. The molecule has 1 aromatic carbocycles. The highest BCUT2D eigenvalue weighted by atomic mass is 32.2. The molecule has 108 valence electrons. The third-order valence-corrected chi connectivity index (χ3v) is 4.78. The van der Waals surface area contributed by atoms with Gasteiger partial charge in [0.05, 0.1) is 6.33 Å². The van der Waals surface area contributed by atoms with E-state index >= 15 is 0 Å². The van der Waals surface area contributed by atoms with E-state index in [9.17, 15) is 8.42 Å². The van der Waals surface area contributed by atoms with Gasteiger partial charge >= 0.3 is 0 Å². The average molecular weight is 294 g/mol. The predicted octanol–water partition coefficient (Wildman–Crippen LogP) is 0.699. The van der Waals surface area contributed by atoms with Gasteiger partial charge in [0, 0.05) is 33.4 Å². The monoisotopic (exact) mass is 294 g/mol. The smallest absolute Gasteiger partial charge is 0.262 e. The van der Waals surface area contributed by atoms with E-state index < -0.39 is 10.0 Å². The highest BCUT2D eigenvalue weighted by molar-refractivity contribution is 7.89. The van der Waals surface area contributed by atoms with Crippen LogP contribution >= 0.6 is 0 Å². The van der Waals surface area contributed by atoms with Gasteiger partial charge in [0.25, 0.3) is 10.0 Å². The maximum atomic E-state index is 12.4. The zero-order valence-electron chi connectivity index (χ0n) is 11.5. The maximum absolute atomic E-state index is 12.4. The summed E-state index contributed by atoms with van der Waals surface area (Å²) in [6.45, 7) is 0.653. The van der Waals surface area contributed by atoms with Gasteiger partial charge in [-0.25, -0.2) is 13.4 Å². The van der Waals surface area contributed by atoms with Gasteiger partial charge in [-0.3, -0.25) is 0 Å². The number of aryl methyl sites for hydroxylation is 1. The molecular weight excluding hydrogens is 276 g/mol. The van der Waals surface area contributed by atoms with Gasteiger partial charge in [-0.15, -0.1) is 0 Å². The molecule has 2 aromatic rings. The quantitative estimate of drug-likeness (QED) is 0.880. The number of nitrogens with two attached hydrogens (primary N) is 1. The first-order valence-corrected chi connectivity index (χ1v) is 7.60. The van der Waals surface area contributed by atoms with Crippen LogP contribution in [0.25, 0.3) is 0 Å². The van der Waals surface area contributed by atoms with Crippen LogP contribution in [0.1, 0.15) is 11.1 Å². The standard InChI is InChI=1S/C13H18N4O2S/c1-16-9-13(15-10-16)20(18,19)17(2)8-12-6-4-3-5-11(12)7-14/h3-6,9-10H,7-8,14H2,1-2H3. The fourth-order valence-electron chi connectivity index (χ4n) is 1.92. The average Bonchev–Trinajstić information content (AvgIpc) is 2.86. The Kier molecular flexibility index (Phi) is 4.22. The summed E-state index contributed by atoms with van der Waals surface area (Å²) in [5, 5.41) is 0.0488. The van der Waals surface area contributed by atoms with E-state index in [-0.39, 0.29) is 11.6 Å². The summed E-state index contributed by atoms with van der Waals surface area (Å²) in [5.41, 5.74) is 7.51. The first-order valence-electron chi connectivity index (χ1n) is 6.16. The third kappa shape index (κ3) is 2.90. The molecular formula is C13H18N4O2S. The lowest BCUT2D eigenvalue weighted by Gasteiger charge is -2.17. The van der Waals surface area contributed by atoms with Gasteiger partial charge in [-0.2, -0.15) is 4.31 Å². The van der Waals surface area contributed by atoms with Crippen molar-refractivity contribution in [3.63, 3.8) is 0 Å². The fourth-order valence-corrected chi connectivity index (χ4v) is 3.03. The van der Waals surface area contributed by atoms with Crippen molar-refractivity contribution in [2.24, 2.45) is 12.8 Å².